The van der Waals surface area contributed by atoms with Gasteiger partial charge in [-0.05, 0) is 37.5 Å². The molecule has 0 radical (unpaired) electrons. The minimum atomic E-state index is 0.149. The molecule has 8 nitrogen and oxygen atoms in total. The summed E-state index contributed by atoms with van der Waals surface area (Å²) in [5, 5.41) is 0. The van der Waals surface area contributed by atoms with Gasteiger partial charge in [-0.15, -0.1) is 0 Å². The molecule has 1 aromatic carbocycles. The van der Waals surface area contributed by atoms with Crippen LogP contribution < -0.4 is 9.64 Å². The first kappa shape index (κ1) is 22.6. The van der Waals surface area contributed by atoms with E-state index in [-0.39, 0.29) is 11.8 Å². The van der Waals surface area contributed by atoms with Gasteiger partial charge in [-0.2, -0.15) is 0 Å². The molecule has 0 N–H and O–H groups in total. The van der Waals surface area contributed by atoms with Crippen LogP contribution in [0.2, 0.25) is 0 Å². The Bertz CT molecular complexity index is 1070. The lowest BCUT2D eigenvalue weighted by atomic mass is 9.97. The quantitative estimate of drug-likeness (QED) is 0.525. The highest BCUT2D eigenvalue weighted by Gasteiger charge is 2.30. The third-order valence-corrected chi connectivity index (χ3v) is 5.87. The molecule has 1 amide bonds. The third kappa shape index (κ3) is 5.45. The van der Waals surface area contributed by atoms with E-state index in [4.69, 9.17) is 9.72 Å². The lowest BCUT2D eigenvalue weighted by molar-refractivity contribution is -0.130. The lowest BCUT2D eigenvalue weighted by Crippen LogP contribution is -2.28. The molecule has 8 heteroatoms. The molecule has 172 valence electrons. The molecule has 0 unspecified atom stereocenters. The van der Waals surface area contributed by atoms with Gasteiger partial charge in [-0.25, -0.2) is 19.9 Å². The van der Waals surface area contributed by atoms with Crippen molar-refractivity contribution in [3.05, 3.63) is 60.4 Å². The maximum absolute atomic E-state index is 12.9. The molecule has 2 aromatic heterocycles. The van der Waals surface area contributed by atoms with E-state index in [1.54, 1.807) is 12.4 Å². The van der Waals surface area contributed by atoms with Crippen LogP contribution >= 0.6 is 0 Å². The van der Waals surface area contributed by atoms with E-state index in [0.29, 0.717) is 25.5 Å². The van der Waals surface area contributed by atoms with Crippen LogP contribution in [0.25, 0.3) is 11.1 Å². The predicted molar refractivity (Wildman–Crippen MR) is 127 cm³/mol. The number of amides is 1. The van der Waals surface area contributed by atoms with Gasteiger partial charge < -0.3 is 14.5 Å². The molecular formula is C25H30N6O2. The van der Waals surface area contributed by atoms with Crippen molar-refractivity contribution in [2.45, 2.75) is 32.1 Å². The first-order chi connectivity index (χ1) is 16.0. The Morgan fingerprint density at radius 1 is 1.15 bits per heavy atom. The van der Waals surface area contributed by atoms with Crippen LogP contribution in [-0.2, 0) is 11.2 Å². The molecule has 0 aliphatic carbocycles. The molecule has 1 aliphatic rings. The number of aryl methyl sites for hydroxylation is 1. The van der Waals surface area contributed by atoms with Gasteiger partial charge in [0.1, 0.15) is 12.1 Å². The molecule has 3 heterocycles. The Labute approximate surface area is 194 Å². The van der Waals surface area contributed by atoms with Crippen LogP contribution in [0.5, 0.6) is 5.75 Å². The molecular weight excluding hydrogens is 416 g/mol. The van der Waals surface area contributed by atoms with Crippen LogP contribution in [0.15, 0.2) is 49.2 Å². The number of likely N-dealkylation sites (tertiary alicyclic amines) is 1. The minimum absolute atomic E-state index is 0.149. The van der Waals surface area contributed by atoms with E-state index >= 15 is 0 Å². The summed E-state index contributed by atoms with van der Waals surface area (Å²) in [5.74, 6) is 1.84. The van der Waals surface area contributed by atoms with Gasteiger partial charge in [0.05, 0.1) is 12.3 Å². The largest absolute Gasteiger partial charge is 0.494 e. The Hall–Kier alpha value is -3.55. The zero-order valence-corrected chi connectivity index (χ0v) is 19.4. The fourth-order valence-corrected chi connectivity index (χ4v) is 4.11. The summed E-state index contributed by atoms with van der Waals surface area (Å²) >= 11 is 0. The Morgan fingerprint density at radius 3 is 2.61 bits per heavy atom. The second kappa shape index (κ2) is 10.4. The normalized spacial score (nSPS) is 15.5. The average molecular weight is 447 g/mol. The fourth-order valence-electron chi connectivity index (χ4n) is 4.11. The van der Waals surface area contributed by atoms with Gasteiger partial charge in [0.2, 0.25) is 11.9 Å². The van der Waals surface area contributed by atoms with E-state index in [0.717, 1.165) is 47.5 Å². The van der Waals surface area contributed by atoms with Crippen molar-refractivity contribution >= 4 is 11.9 Å². The number of carbonyl (C=O) groups excluding carboxylic acids is 1. The topological polar surface area (TPSA) is 84.3 Å². The highest BCUT2D eigenvalue weighted by atomic mass is 16.5. The number of hydrogen-bond donors (Lipinski definition) is 0. The smallest absolute Gasteiger partial charge is 0.225 e. The van der Waals surface area contributed by atoms with Crippen molar-refractivity contribution in [3.63, 3.8) is 0 Å². The van der Waals surface area contributed by atoms with Crippen LogP contribution in [0.1, 0.15) is 36.9 Å². The Balaban J connectivity index is 1.44. The van der Waals surface area contributed by atoms with Crippen LogP contribution in [-0.4, -0.2) is 64.5 Å². The second-order valence-electron chi connectivity index (χ2n) is 8.39. The number of benzene rings is 1. The average Bonchev–Trinajstić information content (AvgIpc) is 3.34. The molecule has 33 heavy (non-hydrogen) atoms. The summed E-state index contributed by atoms with van der Waals surface area (Å²) in [5.41, 5.74) is 3.90. The highest BCUT2D eigenvalue weighted by Crippen LogP contribution is 2.34. The van der Waals surface area contributed by atoms with Crippen molar-refractivity contribution in [1.82, 2.24) is 24.8 Å². The summed E-state index contributed by atoms with van der Waals surface area (Å²) in [4.78, 5) is 34.4. The Morgan fingerprint density at radius 2 is 1.91 bits per heavy atom. The zero-order chi connectivity index (χ0) is 23.2. The number of hydrogen-bond acceptors (Lipinski definition) is 7. The maximum Gasteiger partial charge on any atom is 0.225 e. The van der Waals surface area contributed by atoms with Gasteiger partial charge in [0.15, 0.2) is 0 Å². The minimum Gasteiger partial charge on any atom is -0.494 e. The monoisotopic (exact) mass is 446 g/mol. The molecule has 1 fully saturated rings. The molecule has 1 aliphatic heterocycles. The van der Waals surface area contributed by atoms with Crippen LogP contribution in [0, 0.1) is 0 Å². The Kier molecular flexibility index (Phi) is 7.12. The van der Waals surface area contributed by atoms with Crippen molar-refractivity contribution in [2.75, 3.05) is 38.7 Å². The van der Waals surface area contributed by atoms with Crippen molar-refractivity contribution in [1.29, 1.82) is 0 Å². The van der Waals surface area contributed by atoms with Gasteiger partial charge in [-0.3, -0.25) is 4.79 Å². The summed E-state index contributed by atoms with van der Waals surface area (Å²) in [7, 11) is 3.85. The second-order valence-corrected chi connectivity index (χ2v) is 8.39. The van der Waals surface area contributed by atoms with Gasteiger partial charge in [0.25, 0.3) is 0 Å². The molecule has 0 spiro atoms. The molecule has 0 bridgehead atoms. The summed E-state index contributed by atoms with van der Waals surface area (Å²) < 4.78 is 5.49. The highest BCUT2D eigenvalue weighted by molar-refractivity contribution is 5.77. The number of anilines is 1. The number of ether oxygens (including phenoxy) is 1. The van der Waals surface area contributed by atoms with Crippen LogP contribution in [0.4, 0.5) is 5.95 Å². The number of nitrogens with zero attached hydrogens (tertiary/aromatic N) is 6. The van der Waals surface area contributed by atoms with E-state index in [1.165, 1.54) is 6.33 Å². The first-order valence-corrected chi connectivity index (χ1v) is 11.3. The standard InChI is InChI=1S/C25H30N6O2/c1-4-33-21-8-5-18(6-9-21)7-10-23(32)31-12-11-19(16-31)24-22(20-13-26-17-27-14-20)15-28-25(29-24)30(2)3/h5-6,8-9,13-15,17,19H,4,7,10-12,16H2,1-3H3/t19-/m1/s1. The first-order valence-electron chi connectivity index (χ1n) is 11.3. The number of aromatic nitrogens is 4. The number of rotatable bonds is 8. The van der Waals surface area contributed by atoms with Crippen molar-refractivity contribution in [2.24, 2.45) is 0 Å². The summed E-state index contributed by atoms with van der Waals surface area (Å²) in [6.07, 6.45) is 8.99. The van der Waals surface area contributed by atoms with Gasteiger partial charge >= 0.3 is 0 Å². The molecule has 4 rings (SSSR count). The predicted octanol–water partition coefficient (Wildman–Crippen LogP) is 3.35. The van der Waals surface area contributed by atoms with E-state index in [2.05, 4.69) is 15.0 Å². The summed E-state index contributed by atoms with van der Waals surface area (Å²) in [6, 6.07) is 7.98. The molecule has 0 saturated carbocycles. The molecule has 1 atom stereocenters. The van der Waals surface area contributed by atoms with E-state index in [9.17, 15) is 4.79 Å². The fraction of sp³-hybridized carbons (Fsp3) is 0.400. The maximum atomic E-state index is 12.9. The van der Waals surface area contributed by atoms with Gasteiger partial charge in [-0.1, -0.05) is 12.1 Å². The van der Waals surface area contributed by atoms with E-state index < -0.39 is 0 Å². The molecule has 3 aromatic rings. The van der Waals surface area contributed by atoms with Crippen LogP contribution in [0.3, 0.4) is 0 Å². The third-order valence-electron chi connectivity index (χ3n) is 5.87. The SMILES string of the molecule is CCOc1ccc(CCC(=O)N2CC[C@@H](c3nc(N(C)C)ncc3-c3cncnc3)C2)cc1. The molecule has 1 saturated heterocycles. The summed E-state index contributed by atoms with van der Waals surface area (Å²) in [6.45, 7) is 4.01. The van der Waals surface area contributed by atoms with Gasteiger partial charge in [0, 0.05) is 69.2 Å². The van der Waals surface area contributed by atoms with E-state index in [1.807, 2.05) is 61.3 Å². The zero-order valence-electron chi connectivity index (χ0n) is 19.4. The van der Waals surface area contributed by atoms with Crippen molar-refractivity contribution < 1.29 is 9.53 Å². The lowest BCUT2D eigenvalue weighted by Gasteiger charge is -2.19. The number of carbonyl (C=O) groups is 1. The van der Waals surface area contributed by atoms with Crippen molar-refractivity contribution in [3.8, 4) is 16.9 Å².